The van der Waals surface area contributed by atoms with E-state index in [9.17, 15) is 18.5 Å². The van der Waals surface area contributed by atoms with E-state index in [0.29, 0.717) is 23.8 Å². The van der Waals surface area contributed by atoms with Crippen LogP contribution in [-0.4, -0.2) is 43.8 Å². The average molecular weight is 416 g/mol. The van der Waals surface area contributed by atoms with Crippen molar-refractivity contribution in [3.05, 3.63) is 62.6 Å². The second-order valence-electron chi connectivity index (χ2n) is 5.74. The molecule has 3 rings (SSSR count). The fraction of sp³-hybridized carbons (Fsp3) is 0.250. The van der Waals surface area contributed by atoms with Gasteiger partial charge in [-0.3, -0.25) is 10.1 Å². The monoisotopic (exact) mass is 415 g/mol. The molecule has 1 fully saturated rings. The van der Waals surface area contributed by atoms with Gasteiger partial charge in [-0.15, -0.1) is 0 Å². The molecular formula is C16H15Cl2N3O4S. The Morgan fingerprint density at radius 1 is 1.00 bits per heavy atom. The second kappa shape index (κ2) is 7.40. The highest BCUT2D eigenvalue weighted by molar-refractivity contribution is 7.89. The van der Waals surface area contributed by atoms with Gasteiger partial charge in [-0.2, -0.15) is 4.31 Å². The molecule has 0 N–H and O–H groups in total. The van der Waals surface area contributed by atoms with Crippen LogP contribution in [0.5, 0.6) is 0 Å². The number of hydrogen-bond donors (Lipinski definition) is 0. The molecule has 0 radical (unpaired) electrons. The van der Waals surface area contributed by atoms with E-state index < -0.39 is 14.9 Å². The van der Waals surface area contributed by atoms with Crippen LogP contribution in [0.15, 0.2) is 47.4 Å². The number of nitro benzene ring substituents is 1. The highest BCUT2D eigenvalue weighted by Gasteiger charge is 2.29. The van der Waals surface area contributed by atoms with E-state index in [4.69, 9.17) is 23.2 Å². The minimum Gasteiger partial charge on any atom is -0.368 e. The quantitative estimate of drug-likeness (QED) is 0.564. The molecule has 0 bridgehead atoms. The SMILES string of the molecule is O=[N+]([O-])c1ccc(N2CCN(S(=O)(=O)c3cccc(Cl)c3)CC2)c(Cl)c1. The summed E-state index contributed by atoms with van der Waals surface area (Å²) < 4.78 is 26.8. The molecular weight excluding hydrogens is 401 g/mol. The lowest BCUT2D eigenvalue weighted by Gasteiger charge is -2.35. The maximum atomic E-state index is 12.7. The lowest BCUT2D eigenvalue weighted by Crippen LogP contribution is -2.48. The van der Waals surface area contributed by atoms with Gasteiger partial charge in [0.25, 0.3) is 5.69 Å². The predicted octanol–water partition coefficient (Wildman–Crippen LogP) is 3.41. The number of nitrogens with zero attached hydrogens (tertiary/aromatic N) is 3. The number of benzene rings is 2. The van der Waals surface area contributed by atoms with Gasteiger partial charge in [-0.05, 0) is 24.3 Å². The van der Waals surface area contributed by atoms with Gasteiger partial charge < -0.3 is 4.90 Å². The molecule has 0 spiro atoms. The maximum absolute atomic E-state index is 12.7. The molecule has 2 aromatic rings. The van der Waals surface area contributed by atoms with Crippen LogP contribution in [-0.2, 0) is 10.0 Å². The van der Waals surface area contributed by atoms with Gasteiger partial charge in [-0.25, -0.2) is 8.42 Å². The number of halogens is 2. The molecule has 0 unspecified atom stereocenters. The summed E-state index contributed by atoms with van der Waals surface area (Å²) in [5.74, 6) is 0. The Kier molecular flexibility index (Phi) is 5.38. The molecule has 26 heavy (non-hydrogen) atoms. The zero-order valence-electron chi connectivity index (χ0n) is 13.5. The van der Waals surface area contributed by atoms with Crippen LogP contribution in [0.2, 0.25) is 10.0 Å². The zero-order valence-corrected chi connectivity index (χ0v) is 15.8. The molecule has 1 aliphatic heterocycles. The first-order chi connectivity index (χ1) is 12.3. The van der Waals surface area contributed by atoms with Crippen LogP contribution in [0.3, 0.4) is 0 Å². The van der Waals surface area contributed by atoms with Crippen LogP contribution in [0.1, 0.15) is 0 Å². The number of non-ortho nitro benzene ring substituents is 1. The Morgan fingerprint density at radius 3 is 2.27 bits per heavy atom. The van der Waals surface area contributed by atoms with Crippen molar-refractivity contribution in [1.29, 1.82) is 0 Å². The molecule has 0 saturated carbocycles. The van der Waals surface area contributed by atoms with Gasteiger partial charge in [0.2, 0.25) is 10.0 Å². The van der Waals surface area contributed by atoms with Crippen molar-refractivity contribution in [2.45, 2.75) is 4.90 Å². The molecule has 1 heterocycles. The van der Waals surface area contributed by atoms with Crippen LogP contribution < -0.4 is 4.90 Å². The van der Waals surface area contributed by atoms with E-state index >= 15 is 0 Å². The van der Waals surface area contributed by atoms with Gasteiger partial charge >= 0.3 is 0 Å². The molecule has 138 valence electrons. The summed E-state index contributed by atoms with van der Waals surface area (Å²) >= 11 is 12.0. The highest BCUT2D eigenvalue weighted by Crippen LogP contribution is 2.31. The molecule has 10 heteroatoms. The average Bonchev–Trinajstić information content (AvgIpc) is 2.61. The standard InChI is InChI=1S/C16H15Cl2N3O4S/c17-12-2-1-3-14(10-12)26(24,25)20-8-6-19(7-9-20)16-5-4-13(21(22)23)11-15(16)18/h1-5,10-11H,6-9H2. The first-order valence-corrected chi connectivity index (χ1v) is 9.93. The van der Waals surface area contributed by atoms with Crippen molar-refractivity contribution in [2.75, 3.05) is 31.1 Å². The summed E-state index contributed by atoms with van der Waals surface area (Å²) in [4.78, 5) is 12.4. The van der Waals surface area contributed by atoms with Crippen molar-refractivity contribution < 1.29 is 13.3 Å². The number of rotatable bonds is 4. The first kappa shape index (κ1) is 18.9. The summed E-state index contributed by atoms with van der Waals surface area (Å²) in [6.07, 6.45) is 0. The van der Waals surface area contributed by atoms with Gasteiger partial charge in [0.1, 0.15) is 0 Å². The van der Waals surface area contributed by atoms with Crippen molar-refractivity contribution >= 4 is 44.6 Å². The fourth-order valence-electron chi connectivity index (χ4n) is 2.81. The molecule has 2 aromatic carbocycles. The number of anilines is 1. The Labute approximate surface area is 160 Å². The lowest BCUT2D eigenvalue weighted by molar-refractivity contribution is -0.384. The van der Waals surface area contributed by atoms with Crippen molar-refractivity contribution in [3.8, 4) is 0 Å². The van der Waals surface area contributed by atoms with Gasteiger partial charge in [0.15, 0.2) is 0 Å². The minimum atomic E-state index is -3.62. The number of hydrogen-bond acceptors (Lipinski definition) is 5. The summed E-state index contributed by atoms with van der Waals surface area (Å²) in [5.41, 5.74) is 0.568. The van der Waals surface area contributed by atoms with E-state index in [1.807, 2.05) is 4.90 Å². The van der Waals surface area contributed by atoms with Crippen molar-refractivity contribution in [3.63, 3.8) is 0 Å². The third-order valence-electron chi connectivity index (χ3n) is 4.16. The van der Waals surface area contributed by atoms with Crippen LogP contribution in [0, 0.1) is 10.1 Å². The normalized spacial score (nSPS) is 15.8. The summed E-state index contributed by atoms with van der Waals surface area (Å²) in [5, 5.41) is 11.4. The Bertz CT molecular complexity index is 944. The van der Waals surface area contributed by atoms with E-state index in [2.05, 4.69) is 0 Å². The summed E-state index contributed by atoms with van der Waals surface area (Å²) in [6.45, 7) is 1.42. The summed E-state index contributed by atoms with van der Waals surface area (Å²) in [7, 11) is -3.62. The Balaban J connectivity index is 1.74. The van der Waals surface area contributed by atoms with E-state index in [1.54, 1.807) is 18.2 Å². The van der Waals surface area contributed by atoms with Crippen LogP contribution in [0.25, 0.3) is 0 Å². The molecule has 0 aromatic heterocycles. The summed E-state index contributed by atoms with van der Waals surface area (Å²) in [6, 6.07) is 10.4. The highest BCUT2D eigenvalue weighted by atomic mass is 35.5. The lowest BCUT2D eigenvalue weighted by atomic mass is 10.2. The van der Waals surface area contributed by atoms with E-state index in [-0.39, 0.29) is 28.7 Å². The third kappa shape index (κ3) is 3.78. The Hall–Kier alpha value is -1.87. The van der Waals surface area contributed by atoms with Crippen molar-refractivity contribution in [1.82, 2.24) is 4.31 Å². The minimum absolute atomic E-state index is 0.0825. The van der Waals surface area contributed by atoms with Gasteiger partial charge in [0, 0.05) is 43.3 Å². The van der Waals surface area contributed by atoms with Crippen LogP contribution in [0.4, 0.5) is 11.4 Å². The topological polar surface area (TPSA) is 83.8 Å². The zero-order chi connectivity index (χ0) is 18.9. The smallest absolute Gasteiger partial charge is 0.271 e. The molecule has 0 atom stereocenters. The van der Waals surface area contributed by atoms with Crippen molar-refractivity contribution in [2.24, 2.45) is 0 Å². The van der Waals surface area contributed by atoms with Gasteiger partial charge in [-0.1, -0.05) is 29.3 Å². The molecule has 1 saturated heterocycles. The predicted molar refractivity (Wildman–Crippen MR) is 101 cm³/mol. The molecule has 0 aliphatic carbocycles. The number of nitro groups is 1. The number of sulfonamides is 1. The largest absolute Gasteiger partial charge is 0.368 e. The van der Waals surface area contributed by atoms with Crippen LogP contribution >= 0.6 is 23.2 Å². The second-order valence-corrected chi connectivity index (χ2v) is 8.52. The maximum Gasteiger partial charge on any atom is 0.271 e. The Morgan fingerprint density at radius 2 is 1.69 bits per heavy atom. The third-order valence-corrected chi connectivity index (χ3v) is 6.59. The van der Waals surface area contributed by atoms with E-state index in [1.165, 1.54) is 28.6 Å². The fourth-order valence-corrected chi connectivity index (χ4v) is 4.83. The first-order valence-electron chi connectivity index (χ1n) is 7.73. The molecule has 0 amide bonds. The van der Waals surface area contributed by atoms with Gasteiger partial charge in [0.05, 0.1) is 20.5 Å². The van der Waals surface area contributed by atoms with E-state index in [0.717, 1.165) is 0 Å². The molecule has 7 nitrogen and oxygen atoms in total. The molecule has 1 aliphatic rings. The number of piperazine rings is 1.